The Kier molecular flexibility index (Phi) is 7.89. The molecule has 2 N–H and O–H groups in total. The number of rotatable bonds is 8. The van der Waals surface area contributed by atoms with Crippen LogP contribution in [0.15, 0.2) is 24.3 Å². The van der Waals surface area contributed by atoms with E-state index in [-0.39, 0.29) is 12.1 Å². The van der Waals surface area contributed by atoms with Crippen LogP contribution in [0.4, 0.5) is 10.5 Å². The lowest BCUT2D eigenvalue weighted by atomic mass is 10.1. The van der Waals surface area contributed by atoms with E-state index >= 15 is 0 Å². The molecule has 0 heterocycles. The second-order valence-electron chi connectivity index (χ2n) is 6.73. The Labute approximate surface area is 139 Å². The van der Waals surface area contributed by atoms with Gasteiger partial charge in [0.1, 0.15) is 5.60 Å². The first kappa shape index (κ1) is 19.3. The number of hydrogen-bond acceptors (Lipinski definition) is 4. The third kappa shape index (κ3) is 9.08. The SMILES string of the molecule is COCC(CCCNC(=O)OC(C)(C)C)Nc1ccc(C)cc1. The zero-order valence-corrected chi connectivity index (χ0v) is 14.9. The molecular weight excluding hydrogens is 292 g/mol. The standard InChI is InChI=1S/C18H30N2O3/c1-14-8-10-15(11-9-14)20-16(13-22-5)7-6-12-19-17(21)23-18(2,3)4/h8-11,16,20H,6-7,12-13H2,1-5H3,(H,19,21). The molecule has 1 atom stereocenters. The van der Waals surface area contributed by atoms with Crippen LogP contribution >= 0.6 is 0 Å². The number of nitrogens with one attached hydrogen (secondary N) is 2. The molecule has 5 nitrogen and oxygen atoms in total. The Morgan fingerprint density at radius 3 is 2.43 bits per heavy atom. The minimum atomic E-state index is -0.463. The molecule has 0 saturated carbocycles. The van der Waals surface area contributed by atoms with E-state index in [1.165, 1.54) is 5.56 Å². The van der Waals surface area contributed by atoms with Crippen molar-refractivity contribution in [2.45, 2.75) is 52.2 Å². The second kappa shape index (κ2) is 9.40. The van der Waals surface area contributed by atoms with Gasteiger partial charge in [-0.3, -0.25) is 0 Å². The Morgan fingerprint density at radius 1 is 1.22 bits per heavy atom. The van der Waals surface area contributed by atoms with E-state index in [0.29, 0.717) is 13.2 Å². The molecule has 0 fully saturated rings. The Balaban J connectivity index is 2.33. The summed E-state index contributed by atoms with van der Waals surface area (Å²) in [6.45, 7) is 8.84. The number of alkyl carbamates (subject to hydrolysis) is 1. The fraction of sp³-hybridized carbons (Fsp3) is 0.611. The molecular formula is C18H30N2O3. The molecule has 0 aromatic heterocycles. The van der Waals surface area contributed by atoms with Crippen molar-refractivity contribution in [1.82, 2.24) is 5.32 Å². The number of benzene rings is 1. The summed E-state index contributed by atoms with van der Waals surface area (Å²) in [6.07, 6.45) is 1.39. The molecule has 1 aromatic carbocycles. The largest absolute Gasteiger partial charge is 0.444 e. The quantitative estimate of drug-likeness (QED) is 0.716. The van der Waals surface area contributed by atoms with Gasteiger partial charge in [0.25, 0.3) is 0 Å². The summed E-state index contributed by atoms with van der Waals surface area (Å²) in [5.41, 5.74) is 1.86. The number of anilines is 1. The molecule has 0 bridgehead atoms. The van der Waals surface area contributed by atoms with Gasteiger partial charge in [0.05, 0.1) is 6.61 Å². The highest BCUT2D eigenvalue weighted by molar-refractivity contribution is 5.67. The van der Waals surface area contributed by atoms with Crippen molar-refractivity contribution >= 4 is 11.8 Å². The van der Waals surface area contributed by atoms with E-state index in [4.69, 9.17) is 9.47 Å². The van der Waals surface area contributed by atoms with Gasteiger partial charge < -0.3 is 20.1 Å². The van der Waals surface area contributed by atoms with Crippen molar-refractivity contribution in [2.24, 2.45) is 0 Å². The molecule has 5 heteroatoms. The number of aryl methyl sites for hydroxylation is 1. The first-order valence-electron chi connectivity index (χ1n) is 8.09. The zero-order valence-electron chi connectivity index (χ0n) is 14.9. The summed E-state index contributed by atoms with van der Waals surface area (Å²) >= 11 is 0. The van der Waals surface area contributed by atoms with Crippen LogP contribution < -0.4 is 10.6 Å². The average molecular weight is 322 g/mol. The van der Waals surface area contributed by atoms with E-state index in [9.17, 15) is 4.79 Å². The minimum absolute atomic E-state index is 0.211. The van der Waals surface area contributed by atoms with E-state index in [2.05, 4.69) is 41.8 Å². The molecule has 0 radical (unpaired) electrons. The summed E-state index contributed by atoms with van der Waals surface area (Å²) in [6, 6.07) is 8.50. The molecule has 1 unspecified atom stereocenters. The van der Waals surface area contributed by atoms with Gasteiger partial charge in [-0.15, -0.1) is 0 Å². The smallest absolute Gasteiger partial charge is 0.407 e. The number of carbonyl (C=O) groups excluding carboxylic acids is 1. The van der Waals surface area contributed by atoms with Crippen molar-refractivity contribution in [3.63, 3.8) is 0 Å². The van der Waals surface area contributed by atoms with Crippen LogP contribution in [0.5, 0.6) is 0 Å². The third-order valence-electron chi connectivity index (χ3n) is 3.19. The highest BCUT2D eigenvalue weighted by Gasteiger charge is 2.15. The number of amides is 1. The van der Waals surface area contributed by atoms with E-state index in [1.54, 1.807) is 7.11 Å². The molecule has 1 rings (SSSR count). The van der Waals surface area contributed by atoms with Crippen molar-refractivity contribution in [3.05, 3.63) is 29.8 Å². The third-order valence-corrected chi connectivity index (χ3v) is 3.19. The number of hydrogen-bond donors (Lipinski definition) is 2. The van der Waals surface area contributed by atoms with Crippen molar-refractivity contribution in [2.75, 3.05) is 25.6 Å². The predicted octanol–water partition coefficient (Wildman–Crippen LogP) is 3.73. The van der Waals surface area contributed by atoms with E-state index in [1.807, 2.05) is 20.8 Å². The number of carbonyl (C=O) groups is 1. The van der Waals surface area contributed by atoms with Crippen LogP contribution in [-0.4, -0.2) is 38.0 Å². The molecule has 0 aliphatic heterocycles. The normalized spacial score (nSPS) is 12.6. The number of ether oxygens (including phenoxy) is 2. The van der Waals surface area contributed by atoms with Crippen LogP contribution in [0.1, 0.15) is 39.2 Å². The predicted molar refractivity (Wildman–Crippen MR) is 93.9 cm³/mol. The Hall–Kier alpha value is -1.75. The lowest BCUT2D eigenvalue weighted by molar-refractivity contribution is 0.0526. The summed E-state index contributed by atoms with van der Waals surface area (Å²) in [7, 11) is 1.70. The van der Waals surface area contributed by atoms with Crippen LogP contribution in [0.3, 0.4) is 0 Å². The van der Waals surface area contributed by atoms with Gasteiger partial charge in [-0.05, 0) is 52.7 Å². The summed E-state index contributed by atoms with van der Waals surface area (Å²) in [4.78, 5) is 11.6. The van der Waals surface area contributed by atoms with Gasteiger partial charge in [-0.25, -0.2) is 4.79 Å². The molecule has 0 aliphatic rings. The maximum atomic E-state index is 11.6. The first-order chi connectivity index (χ1) is 10.8. The Bertz CT molecular complexity index is 466. The van der Waals surface area contributed by atoms with Gasteiger partial charge >= 0.3 is 6.09 Å². The molecule has 0 spiro atoms. The molecule has 1 aromatic rings. The minimum Gasteiger partial charge on any atom is -0.444 e. The molecule has 0 saturated heterocycles. The van der Waals surface area contributed by atoms with Gasteiger partial charge in [-0.2, -0.15) is 0 Å². The van der Waals surface area contributed by atoms with Crippen molar-refractivity contribution in [1.29, 1.82) is 0 Å². The average Bonchev–Trinajstić information content (AvgIpc) is 2.44. The van der Waals surface area contributed by atoms with Gasteiger partial charge in [0.15, 0.2) is 0 Å². The fourth-order valence-corrected chi connectivity index (χ4v) is 2.14. The summed E-state index contributed by atoms with van der Waals surface area (Å²) < 4.78 is 10.5. The highest BCUT2D eigenvalue weighted by atomic mass is 16.6. The lowest BCUT2D eigenvalue weighted by Gasteiger charge is -2.21. The lowest BCUT2D eigenvalue weighted by Crippen LogP contribution is -2.33. The molecule has 23 heavy (non-hydrogen) atoms. The first-order valence-corrected chi connectivity index (χ1v) is 8.09. The maximum Gasteiger partial charge on any atom is 0.407 e. The second-order valence-corrected chi connectivity index (χ2v) is 6.73. The van der Waals surface area contributed by atoms with Gasteiger partial charge in [-0.1, -0.05) is 17.7 Å². The molecule has 130 valence electrons. The van der Waals surface area contributed by atoms with Crippen LogP contribution in [0, 0.1) is 6.92 Å². The highest BCUT2D eigenvalue weighted by Crippen LogP contribution is 2.12. The summed E-state index contributed by atoms with van der Waals surface area (Å²) in [5, 5.41) is 6.24. The monoisotopic (exact) mass is 322 g/mol. The van der Waals surface area contributed by atoms with Crippen LogP contribution in [-0.2, 0) is 9.47 Å². The molecule has 1 amide bonds. The van der Waals surface area contributed by atoms with Crippen LogP contribution in [0.2, 0.25) is 0 Å². The van der Waals surface area contributed by atoms with Gasteiger partial charge in [0, 0.05) is 25.4 Å². The van der Waals surface area contributed by atoms with Gasteiger partial charge in [0.2, 0.25) is 0 Å². The maximum absolute atomic E-state index is 11.6. The van der Waals surface area contributed by atoms with Crippen LogP contribution in [0.25, 0.3) is 0 Å². The fourth-order valence-electron chi connectivity index (χ4n) is 2.14. The van der Waals surface area contributed by atoms with Crippen molar-refractivity contribution < 1.29 is 14.3 Å². The van der Waals surface area contributed by atoms with E-state index in [0.717, 1.165) is 18.5 Å². The summed E-state index contributed by atoms with van der Waals surface area (Å²) in [5.74, 6) is 0. The van der Waals surface area contributed by atoms with Crippen molar-refractivity contribution in [3.8, 4) is 0 Å². The number of methoxy groups -OCH3 is 1. The Morgan fingerprint density at radius 2 is 1.87 bits per heavy atom. The zero-order chi connectivity index (χ0) is 17.3. The molecule has 0 aliphatic carbocycles. The topological polar surface area (TPSA) is 59.6 Å². The van der Waals surface area contributed by atoms with E-state index < -0.39 is 5.60 Å².